The van der Waals surface area contributed by atoms with Gasteiger partial charge in [-0.1, -0.05) is 11.8 Å². The zero-order valence-corrected chi connectivity index (χ0v) is 10.6. The van der Waals surface area contributed by atoms with Gasteiger partial charge in [0.1, 0.15) is 0 Å². The van der Waals surface area contributed by atoms with Crippen LogP contribution in [-0.2, 0) is 14.3 Å². The number of aromatic nitrogens is 1. The minimum absolute atomic E-state index is 0. The molecule has 0 aliphatic heterocycles. The molecule has 0 aliphatic carbocycles. The number of nitrogens with zero attached hydrogens (tertiary/aromatic N) is 1. The van der Waals surface area contributed by atoms with Crippen molar-refractivity contribution >= 4 is 17.5 Å². The summed E-state index contributed by atoms with van der Waals surface area (Å²) in [6.45, 7) is 2.98. The average molecular weight is 241 g/mol. The molecule has 0 atom stereocenters. The fourth-order valence-electron chi connectivity index (χ4n) is 1.17. The molecule has 90 valence electrons. The summed E-state index contributed by atoms with van der Waals surface area (Å²) in [5, 5.41) is 11.8. The molecule has 1 aromatic heterocycles. The van der Waals surface area contributed by atoms with Gasteiger partial charge >= 0.3 is 24.8 Å². The van der Waals surface area contributed by atoms with Crippen LogP contribution in [0.25, 0.3) is 5.76 Å². The first-order valence-corrected chi connectivity index (χ1v) is 5.07. The van der Waals surface area contributed by atoms with E-state index in [1.807, 2.05) is 0 Å². The summed E-state index contributed by atoms with van der Waals surface area (Å²) in [7, 11) is 0. The largest absolute Gasteiger partial charge is 1.00 e. The number of pyridine rings is 1. The van der Waals surface area contributed by atoms with Gasteiger partial charge in [0.15, 0.2) is 0 Å². The molecule has 0 aliphatic rings. The molecule has 0 fully saturated rings. The molecule has 0 spiro atoms. The number of Topliss-reactive ketones (excluding diaryl/α,β-unsaturated/α-hetero) is 1. The van der Waals surface area contributed by atoms with Crippen molar-refractivity contribution in [2.24, 2.45) is 0 Å². The molecule has 1 heterocycles. The number of rotatable bonds is 4. The van der Waals surface area contributed by atoms with Crippen LogP contribution < -0.4 is 24.0 Å². The van der Waals surface area contributed by atoms with E-state index in [0.717, 1.165) is 0 Å². The van der Waals surface area contributed by atoms with Gasteiger partial charge in [-0.2, -0.15) is 0 Å². The molecular weight excluding hydrogens is 229 g/mol. The zero-order valence-electron chi connectivity index (χ0n) is 10.6. The third-order valence-electron chi connectivity index (χ3n) is 2.07. The van der Waals surface area contributed by atoms with Gasteiger partial charge in [0, 0.05) is 12.4 Å². The summed E-state index contributed by atoms with van der Waals surface area (Å²) in [4.78, 5) is 26.4. The third-order valence-corrected chi connectivity index (χ3v) is 2.07. The molecule has 0 saturated heterocycles. The molecule has 0 aromatic carbocycles. The van der Waals surface area contributed by atoms with Crippen LogP contribution >= 0.6 is 0 Å². The van der Waals surface area contributed by atoms with Crippen LogP contribution in [0, 0.1) is 0 Å². The number of ether oxygens (including phenoxy) is 1. The molecule has 0 radical (unpaired) electrons. The number of hydrogen-bond acceptors (Lipinski definition) is 5. The van der Waals surface area contributed by atoms with Crippen molar-refractivity contribution in [2.75, 3.05) is 6.61 Å². The van der Waals surface area contributed by atoms with Crippen molar-refractivity contribution in [3.8, 4) is 0 Å². The minimum atomic E-state index is -1.01. The summed E-state index contributed by atoms with van der Waals surface area (Å²) in [5.74, 6) is -2.45. The van der Waals surface area contributed by atoms with Gasteiger partial charge in [0.25, 0.3) is 5.78 Å². The molecule has 1 rings (SSSR count). The predicted octanol–water partition coefficient (Wildman–Crippen LogP) is -2.69. The number of hydrogen-bond donors (Lipinski definition) is 0. The minimum Gasteiger partial charge on any atom is -0.872 e. The first-order valence-electron chi connectivity index (χ1n) is 5.07. The van der Waals surface area contributed by atoms with Crippen LogP contribution in [0.15, 0.2) is 30.1 Å². The molecule has 6 heteroatoms. The molecule has 0 N–H and O–H groups in total. The van der Waals surface area contributed by atoms with Crippen LogP contribution in [0.5, 0.6) is 0 Å². The Morgan fingerprint density at radius 2 is 2.11 bits per heavy atom. The van der Waals surface area contributed by atoms with Crippen LogP contribution in [0.2, 0.25) is 0 Å². The Kier molecular flexibility index (Phi) is 7.02. The fourth-order valence-corrected chi connectivity index (χ4v) is 1.17. The van der Waals surface area contributed by atoms with Crippen molar-refractivity contribution in [3.63, 3.8) is 0 Å². The number of carbonyl (C=O) groups excluding carboxylic acids is 2. The molecule has 0 bridgehead atoms. The second-order valence-corrected chi connectivity index (χ2v) is 3.25. The number of ketones is 1. The topological polar surface area (TPSA) is 79.3 Å². The average Bonchev–Trinajstić information content (AvgIpc) is 2.37. The van der Waals surface area contributed by atoms with E-state index >= 15 is 0 Å². The summed E-state index contributed by atoms with van der Waals surface area (Å²) in [6.07, 6.45) is 2.85. The van der Waals surface area contributed by atoms with Crippen LogP contribution in [-0.4, -0.2) is 23.3 Å². The Hall–Kier alpha value is -1.57. The normalized spacial score (nSPS) is 11.0. The van der Waals surface area contributed by atoms with Gasteiger partial charge in [-0.3, -0.25) is 9.78 Å². The van der Waals surface area contributed by atoms with E-state index in [9.17, 15) is 14.7 Å². The van der Waals surface area contributed by atoms with Crippen molar-refractivity contribution in [1.82, 2.24) is 4.98 Å². The van der Waals surface area contributed by atoms with Gasteiger partial charge in [0.2, 0.25) is 0 Å². The standard InChI is InChI=1S/C12H13NO4.Li/c1-3-17-12(16)11(15)8(2)10(14)9-5-4-6-13-7-9;/h4-7,14H,3H2,1-2H3;/q;+1/p-1/b10-8+;. The molecule has 5 nitrogen and oxygen atoms in total. The Labute approximate surface area is 117 Å². The number of esters is 1. The van der Waals surface area contributed by atoms with Crippen molar-refractivity contribution in [3.05, 3.63) is 35.7 Å². The summed E-state index contributed by atoms with van der Waals surface area (Å²) < 4.78 is 4.53. The van der Waals surface area contributed by atoms with E-state index in [-0.39, 0.29) is 36.6 Å². The molecule has 0 saturated carbocycles. The van der Waals surface area contributed by atoms with Gasteiger partial charge < -0.3 is 9.84 Å². The van der Waals surface area contributed by atoms with E-state index < -0.39 is 17.5 Å². The summed E-state index contributed by atoms with van der Waals surface area (Å²) >= 11 is 0. The first-order chi connectivity index (χ1) is 8.07. The van der Waals surface area contributed by atoms with Gasteiger partial charge in [-0.05, 0) is 31.1 Å². The Bertz CT molecular complexity index is 456. The van der Waals surface area contributed by atoms with Crippen molar-refractivity contribution < 1.29 is 38.3 Å². The maximum absolute atomic E-state index is 11.8. The van der Waals surface area contributed by atoms with Crippen molar-refractivity contribution in [2.45, 2.75) is 13.8 Å². The van der Waals surface area contributed by atoms with Crippen LogP contribution in [0.1, 0.15) is 19.4 Å². The Morgan fingerprint density at radius 3 is 2.61 bits per heavy atom. The second kappa shape index (κ2) is 7.70. The Morgan fingerprint density at radius 1 is 1.44 bits per heavy atom. The summed E-state index contributed by atoms with van der Waals surface area (Å²) in [6, 6.07) is 3.10. The molecule has 0 amide bonds. The van der Waals surface area contributed by atoms with E-state index in [4.69, 9.17) is 0 Å². The van der Waals surface area contributed by atoms with E-state index in [1.165, 1.54) is 25.4 Å². The second-order valence-electron chi connectivity index (χ2n) is 3.25. The Balaban J connectivity index is 0.00000289. The third kappa shape index (κ3) is 4.02. The van der Waals surface area contributed by atoms with E-state index in [2.05, 4.69) is 9.72 Å². The smallest absolute Gasteiger partial charge is 0.872 e. The SMILES string of the molecule is CCOC(=O)C(=O)/C(C)=C(/[O-])c1cccnc1.[Li+]. The summed E-state index contributed by atoms with van der Waals surface area (Å²) in [5.41, 5.74) is 0.0964. The predicted molar refractivity (Wildman–Crippen MR) is 58.5 cm³/mol. The molecule has 1 aromatic rings. The fraction of sp³-hybridized carbons (Fsp3) is 0.250. The zero-order chi connectivity index (χ0) is 12.8. The number of carbonyl (C=O) groups is 2. The van der Waals surface area contributed by atoms with E-state index in [1.54, 1.807) is 13.0 Å². The van der Waals surface area contributed by atoms with Gasteiger partial charge in [-0.15, -0.1) is 0 Å². The van der Waals surface area contributed by atoms with Crippen molar-refractivity contribution in [1.29, 1.82) is 0 Å². The van der Waals surface area contributed by atoms with Crippen LogP contribution in [0.3, 0.4) is 0 Å². The van der Waals surface area contributed by atoms with E-state index in [0.29, 0.717) is 0 Å². The van der Waals surface area contributed by atoms with Gasteiger partial charge in [-0.25, -0.2) is 4.79 Å². The van der Waals surface area contributed by atoms with Crippen LogP contribution in [0.4, 0.5) is 0 Å². The monoisotopic (exact) mass is 241 g/mol. The quantitative estimate of drug-likeness (QED) is 0.188. The van der Waals surface area contributed by atoms with Gasteiger partial charge in [0.05, 0.1) is 6.61 Å². The molecule has 18 heavy (non-hydrogen) atoms. The first kappa shape index (κ1) is 16.4. The molecule has 0 unspecified atom stereocenters. The maximum Gasteiger partial charge on any atom is 1.00 e. The maximum atomic E-state index is 11.8. The molecular formula is C12H12LiNO4.